The van der Waals surface area contributed by atoms with E-state index in [9.17, 15) is 4.21 Å². The fourth-order valence-electron chi connectivity index (χ4n) is 1.11. The van der Waals surface area contributed by atoms with Gasteiger partial charge in [0.05, 0.1) is 0 Å². The van der Waals surface area contributed by atoms with Crippen LogP contribution in [0.4, 0.5) is 0 Å². The lowest BCUT2D eigenvalue weighted by Gasteiger charge is -2.23. The molecule has 0 fully saturated rings. The standard InChI is InChI=1S/C8H10O4S2/c1-14(9)11-3-6-2-10-7-4-13-5-8(7)12-6/h4-6H,2-3H2,1H3. The van der Waals surface area contributed by atoms with Crippen LogP contribution >= 0.6 is 11.3 Å². The quantitative estimate of drug-likeness (QED) is 0.788. The molecule has 0 amide bonds. The van der Waals surface area contributed by atoms with Gasteiger partial charge in [-0.25, -0.2) is 4.21 Å². The first-order chi connectivity index (χ1) is 6.75. The van der Waals surface area contributed by atoms with E-state index >= 15 is 0 Å². The summed E-state index contributed by atoms with van der Waals surface area (Å²) in [5.74, 6) is 1.53. The lowest BCUT2D eigenvalue weighted by molar-refractivity contribution is 0.0589. The average molecular weight is 234 g/mol. The number of rotatable bonds is 3. The van der Waals surface area contributed by atoms with Crippen LogP contribution in [0.1, 0.15) is 0 Å². The summed E-state index contributed by atoms with van der Waals surface area (Å²) in [6.45, 7) is 0.735. The van der Waals surface area contributed by atoms with Crippen LogP contribution in [-0.4, -0.2) is 29.8 Å². The zero-order chi connectivity index (χ0) is 9.97. The molecule has 1 aliphatic heterocycles. The predicted molar refractivity (Wildman–Crippen MR) is 54.2 cm³/mol. The first kappa shape index (κ1) is 9.95. The van der Waals surface area contributed by atoms with Crippen LogP contribution in [0, 0.1) is 0 Å². The maximum atomic E-state index is 10.7. The van der Waals surface area contributed by atoms with E-state index < -0.39 is 11.1 Å². The lowest BCUT2D eigenvalue weighted by Crippen LogP contribution is -2.33. The van der Waals surface area contributed by atoms with Crippen molar-refractivity contribution in [2.75, 3.05) is 19.5 Å². The van der Waals surface area contributed by atoms with E-state index in [1.807, 2.05) is 10.8 Å². The Balaban J connectivity index is 1.91. The Kier molecular flexibility index (Phi) is 3.05. The van der Waals surface area contributed by atoms with Gasteiger partial charge >= 0.3 is 0 Å². The number of ether oxygens (including phenoxy) is 2. The Morgan fingerprint density at radius 1 is 1.64 bits per heavy atom. The molecular formula is C8H10O4S2. The van der Waals surface area contributed by atoms with Crippen molar-refractivity contribution in [2.45, 2.75) is 6.10 Å². The summed E-state index contributed by atoms with van der Waals surface area (Å²) in [5.41, 5.74) is 0. The van der Waals surface area contributed by atoms with Gasteiger partial charge in [0.25, 0.3) is 0 Å². The maximum absolute atomic E-state index is 10.7. The van der Waals surface area contributed by atoms with Gasteiger partial charge in [-0.1, -0.05) is 0 Å². The molecule has 0 aromatic carbocycles. The molecule has 78 valence electrons. The molecule has 0 N–H and O–H groups in total. The molecule has 1 aliphatic rings. The highest BCUT2D eigenvalue weighted by molar-refractivity contribution is 7.79. The van der Waals surface area contributed by atoms with Crippen molar-refractivity contribution >= 4 is 22.4 Å². The predicted octanol–water partition coefficient (Wildman–Crippen LogP) is 1.20. The van der Waals surface area contributed by atoms with Crippen molar-refractivity contribution in [1.29, 1.82) is 0 Å². The van der Waals surface area contributed by atoms with E-state index in [1.165, 1.54) is 17.6 Å². The van der Waals surface area contributed by atoms with Gasteiger partial charge in [0.15, 0.2) is 28.7 Å². The molecule has 14 heavy (non-hydrogen) atoms. The second kappa shape index (κ2) is 4.29. The summed E-state index contributed by atoms with van der Waals surface area (Å²) >= 11 is 0.283. The van der Waals surface area contributed by atoms with Gasteiger partial charge in [-0.2, -0.15) is 0 Å². The normalized spacial score (nSPS) is 21.9. The minimum absolute atomic E-state index is 0.166. The average Bonchev–Trinajstić information content (AvgIpc) is 2.61. The van der Waals surface area contributed by atoms with E-state index in [1.54, 1.807) is 0 Å². The molecule has 0 saturated heterocycles. The van der Waals surface area contributed by atoms with Gasteiger partial charge in [0.2, 0.25) is 0 Å². The SMILES string of the molecule is CS(=O)OCC1COc2cscc2O1. The molecule has 2 atom stereocenters. The summed E-state index contributed by atoms with van der Waals surface area (Å²) in [5, 5.41) is 3.77. The van der Waals surface area contributed by atoms with Crippen LogP contribution in [0.25, 0.3) is 0 Å². The summed E-state index contributed by atoms with van der Waals surface area (Å²) in [7, 11) is 0. The molecule has 2 heterocycles. The van der Waals surface area contributed by atoms with E-state index in [2.05, 4.69) is 0 Å². The summed E-state index contributed by atoms with van der Waals surface area (Å²) in [4.78, 5) is 0. The third-order valence-electron chi connectivity index (χ3n) is 1.73. The Labute approximate surface area is 88.4 Å². The van der Waals surface area contributed by atoms with Crippen molar-refractivity contribution < 1.29 is 17.9 Å². The highest BCUT2D eigenvalue weighted by Gasteiger charge is 2.22. The smallest absolute Gasteiger partial charge is 0.172 e. The van der Waals surface area contributed by atoms with Gasteiger partial charge in [-0.15, -0.1) is 11.3 Å². The zero-order valence-electron chi connectivity index (χ0n) is 7.60. The van der Waals surface area contributed by atoms with Crippen LogP contribution in [0.3, 0.4) is 0 Å². The van der Waals surface area contributed by atoms with Gasteiger partial charge in [0, 0.05) is 17.0 Å². The third kappa shape index (κ3) is 2.26. The van der Waals surface area contributed by atoms with Gasteiger partial charge in [-0.3, -0.25) is 4.18 Å². The Morgan fingerprint density at radius 2 is 2.43 bits per heavy atom. The van der Waals surface area contributed by atoms with E-state index in [4.69, 9.17) is 13.7 Å². The Morgan fingerprint density at radius 3 is 3.21 bits per heavy atom. The van der Waals surface area contributed by atoms with Crippen molar-refractivity contribution in [1.82, 2.24) is 0 Å². The topological polar surface area (TPSA) is 44.8 Å². The number of thiophene rings is 1. The largest absolute Gasteiger partial charge is 0.485 e. The van der Waals surface area contributed by atoms with Crippen molar-refractivity contribution in [3.8, 4) is 11.5 Å². The molecule has 0 saturated carbocycles. The molecule has 6 heteroatoms. The fraction of sp³-hybridized carbons (Fsp3) is 0.500. The molecular weight excluding hydrogens is 224 g/mol. The fourth-order valence-corrected chi connectivity index (χ4v) is 2.13. The Bertz CT molecular complexity index is 336. The van der Waals surface area contributed by atoms with Crippen LogP contribution in [-0.2, 0) is 15.3 Å². The third-order valence-corrected chi connectivity index (χ3v) is 2.90. The Hall–Kier alpha value is -0.590. The first-order valence-corrected chi connectivity index (χ1v) is 6.50. The van der Waals surface area contributed by atoms with E-state index in [0.717, 1.165) is 11.5 Å². The molecule has 4 nitrogen and oxygen atoms in total. The highest BCUT2D eigenvalue weighted by Crippen LogP contribution is 2.35. The molecule has 2 unspecified atom stereocenters. The lowest BCUT2D eigenvalue weighted by atomic mass is 10.3. The molecule has 2 rings (SSSR count). The molecule has 0 aliphatic carbocycles. The molecule has 1 aromatic heterocycles. The molecule has 0 spiro atoms. The second-order valence-corrected chi connectivity index (χ2v) is 4.62. The number of hydrogen-bond acceptors (Lipinski definition) is 5. The minimum atomic E-state index is -1.25. The monoisotopic (exact) mass is 234 g/mol. The van der Waals surface area contributed by atoms with Crippen LogP contribution in [0.5, 0.6) is 11.5 Å². The van der Waals surface area contributed by atoms with Gasteiger partial charge in [0.1, 0.15) is 13.2 Å². The van der Waals surface area contributed by atoms with Crippen LogP contribution in [0.2, 0.25) is 0 Å². The number of fused-ring (bicyclic) bond motifs is 1. The summed E-state index contributed by atoms with van der Waals surface area (Å²) in [6, 6.07) is 0. The molecule has 0 radical (unpaired) electrons. The van der Waals surface area contributed by atoms with Gasteiger partial charge < -0.3 is 9.47 Å². The maximum Gasteiger partial charge on any atom is 0.172 e. The molecule has 0 bridgehead atoms. The summed E-state index contributed by atoms with van der Waals surface area (Å²) < 4.78 is 26.6. The second-order valence-electron chi connectivity index (χ2n) is 2.84. The van der Waals surface area contributed by atoms with Crippen molar-refractivity contribution in [3.63, 3.8) is 0 Å². The summed E-state index contributed by atoms with van der Waals surface area (Å²) in [6.07, 6.45) is 1.32. The van der Waals surface area contributed by atoms with Gasteiger partial charge in [-0.05, 0) is 0 Å². The van der Waals surface area contributed by atoms with Crippen molar-refractivity contribution in [2.24, 2.45) is 0 Å². The van der Waals surface area contributed by atoms with Crippen LogP contribution < -0.4 is 9.47 Å². The zero-order valence-corrected chi connectivity index (χ0v) is 9.23. The first-order valence-electron chi connectivity index (χ1n) is 4.08. The van der Waals surface area contributed by atoms with E-state index in [-0.39, 0.29) is 6.10 Å². The molecule has 1 aromatic rings. The van der Waals surface area contributed by atoms with E-state index in [0.29, 0.717) is 13.2 Å². The highest BCUT2D eigenvalue weighted by atomic mass is 32.2. The van der Waals surface area contributed by atoms with Crippen LogP contribution in [0.15, 0.2) is 10.8 Å². The van der Waals surface area contributed by atoms with Crippen molar-refractivity contribution in [3.05, 3.63) is 10.8 Å². The number of hydrogen-bond donors (Lipinski definition) is 0. The minimum Gasteiger partial charge on any atom is -0.485 e.